The summed E-state index contributed by atoms with van der Waals surface area (Å²) in [5.41, 5.74) is 1.17. The summed E-state index contributed by atoms with van der Waals surface area (Å²) in [5.74, 6) is -1.08. The molecule has 0 saturated heterocycles. The van der Waals surface area contributed by atoms with Crippen LogP contribution in [0.5, 0.6) is 0 Å². The number of hydrogen-bond acceptors (Lipinski definition) is 3. The van der Waals surface area contributed by atoms with Crippen molar-refractivity contribution in [1.82, 2.24) is 0 Å². The molecule has 4 nitrogen and oxygen atoms in total. The molecule has 2 N–H and O–H groups in total. The average molecular weight is 322 g/mol. The van der Waals surface area contributed by atoms with E-state index in [-0.39, 0.29) is 11.7 Å². The Morgan fingerprint density at radius 1 is 1.05 bits per heavy atom. The van der Waals surface area contributed by atoms with E-state index in [1.807, 2.05) is 0 Å². The molecule has 0 bridgehead atoms. The number of carbonyl (C=O) groups excluding carboxylic acids is 1. The first-order valence-corrected chi connectivity index (χ1v) is 7.42. The summed E-state index contributed by atoms with van der Waals surface area (Å²) in [6.07, 6.45) is 0. The van der Waals surface area contributed by atoms with Crippen molar-refractivity contribution in [2.24, 2.45) is 0 Å². The quantitative estimate of drug-likeness (QED) is 0.823. The molecule has 0 fully saturated rings. The number of thioether (sulfide) groups is 1. The van der Waals surface area contributed by atoms with Gasteiger partial charge in [0.2, 0.25) is 0 Å². The van der Waals surface area contributed by atoms with Crippen LogP contribution in [-0.2, 0) is 4.79 Å². The Hall–Kier alpha value is -1.98. The molecule has 0 atom stereocenters. The zero-order chi connectivity index (χ0) is 15.2. The summed E-state index contributed by atoms with van der Waals surface area (Å²) >= 11 is 7.00. The number of benzene rings is 2. The van der Waals surface area contributed by atoms with Gasteiger partial charge in [-0.15, -0.1) is 11.8 Å². The number of anilines is 1. The first-order valence-electron chi connectivity index (χ1n) is 6.06. The molecular weight excluding hydrogens is 310 g/mol. The lowest BCUT2D eigenvalue weighted by Crippen LogP contribution is -2.11. The molecule has 0 unspecified atom stereocenters. The molecule has 6 heteroatoms. The third-order valence-electron chi connectivity index (χ3n) is 2.58. The van der Waals surface area contributed by atoms with Gasteiger partial charge in [0.25, 0.3) is 5.91 Å². The van der Waals surface area contributed by atoms with Crippen molar-refractivity contribution in [3.63, 3.8) is 0 Å². The first-order chi connectivity index (χ1) is 10.0. The zero-order valence-corrected chi connectivity index (χ0v) is 12.4. The topological polar surface area (TPSA) is 66.4 Å². The van der Waals surface area contributed by atoms with Gasteiger partial charge in [-0.3, -0.25) is 9.59 Å². The van der Waals surface area contributed by atoms with E-state index >= 15 is 0 Å². The van der Waals surface area contributed by atoms with Crippen molar-refractivity contribution in [1.29, 1.82) is 0 Å². The van der Waals surface area contributed by atoms with Gasteiger partial charge >= 0.3 is 5.97 Å². The number of amides is 1. The standard InChI is InChI=1S/C15H12ClNO3S/c16-11-3-1-10(2-4-11)15(20)17-12-5-7-13(8-6-12)21-9-14(18)19/h1-8H,9H2,(H,17,20)(H,18,19). The Kier molecular flexibility index (Phi) is 5.25. The van der Waals surface area contributed by atoms with Crippen LogP contribution in [0.2, 0.25) is 5.02 Å². The van der Waals surface area contributed by atoms with E-state index in [2.05, 4.69) is 5.32 Å². The molecule has 21 heavy (non-hydrogen) atoms. The van der Waals surface area contributed by atoms with Gasteiger partial charge in [-0.05, 0) is 48.5 Å². The molecule has 2 rings (SSSR count). The van der Waals surface area contributed by atoms with Gasteiger partial charge in [-0.2, -0.15) is 0 Å². The Bertz CT molecular complexity index is 641. The van der Waals surface area contributed by atoms with E-state index in [0.717, 1.165) is 4.90 Å². The van der Waals surface area contributed by atoms with Crippen LogP contribution in [0.1, 0.15) is 10.4 Å². The third kappa shape index (κ3) is 4.81. The molecule has 0 spiro atoms. The van der Waals surface area contributed by atoms with E-state index in [4.69, 9.17) is 16.7 Å². The van der Waals surface area contributed by atoms with Gasteiger partial charge < -0.3 is 10.4 Å². The lowest BCUT2D eigenvalue weighted by atomic mass is 10.2. The molecule has 0 aromatic heterocycles. The fourth-order valence-electron chi connectivity index (χ4n) is 1.58. The number of halogens is 1. The molecule has 0 aliphatic carbocycles. The van der Waals surface area contributed by atoms with Crippen molar-refractivity contribution in [3.8, 4) is 0 Å². The van der Waals surface area contributed by atoms with Gasteiger partial charge in [0.15, 0.2) is 0 Å². The number of carboxylic acids is 1. The van der Waals surface area contributed by atoms with Gasteiger partial charge in [0.05, 0.1) is 5.75 Å². The number of carboxylic acid groups (broad SMARTS) is 1. The van der Waals surface area contributed by atoms with Gasteiger partial charge in [0.1, 0.15) is 0 Å². The van der Waals surface area contributed by atoms with Crippen molar-refractivity contribution in [2.75, 3.05) is 11.1 Å². The molecule has 0 aliphatic rings. The summed E-state index contributed by atoms with van der Waals surface area (Å²) in [7, 11) is 0. The van der Waals surface area contributed by atoms with Crippen LogP contribution < -0.4 is 5.32 Å². The van der Waals surface area contributed by atoms with Crippen LogP contribution in [0.25, 0.3) is 0 Å². The fraction of sp³-hybridized carbons (Fsp3) is 0.0667. The minimum absolute atomic E-state index is 0.0104. The van der Waals surface area contributed by atoms with Gasteiger partial charge in [-0.1, -0.05) is 11.6 Å². The number of nitrogens with one attached hydrogen (secondary N) is 1. The smallest absolute Gasteiger partial charge is 0.313 e. The van der Waals surface area contributed by atoms with Gasteiger partial charge in [0, 0.05) is 21.2 Å². The maximum absolute atomic E-state index is 12.0. The van der Waals surface area contributed by atoms with Crippen molar-refractivity contribution < 1.29 is 14.7 Å². The second kappa shape index (κ2) is 7.15. The normalized spacial score (nSPS) is 10.1. The molecule has 0 saturated carbocycles. The number of hydrogen-bond donors (Lipinski definition) is 2. The SMILES string of the molecule is O=C(O)CSc1ccc(NC(=O)c2ccc(Cl)cc2)cc1. The molecule has 2 aromatic carbocycles. The molecule has 0 radical (unpaired) electrons. The van der Waals surface area contributed by atoms with Crippen LogP contribution in [-0.4, -0.2) is 22.7 Å². The van der Waals surface area contributed by atoms with Gasteiger partial charge in [-0.25, -0.2) is 0 Å². The Morgan fingerprint density at radius 2 is 1.67 bits per heavy atom. The highest BCUT2D eigenvalue weighted by molar-refractivity contribution is 8.00. The first kappa shape index (κ1) is 15.4. The van der Waals surface area contributed by atoms with Crippen LogP contribution >= 0.6 is 23.4 Å². The number of aliphatic carboxylic acids is 1. The lowest BCUT2D eigenvalue weighted by molar-refractivity contribution is -0.133. The number of carbonyl (C=O) groups is 2. The minimum atomic E-state index is -0.861. The fourth-order valence-corrected chi connectivity index (χ4v) is 2.33. The summed E-state index contributed by atoms with van der Waals surface area (Å²) < 4.78 is 0. The number of rotatable bonds is 5. The van der Waals surface area contributed by atoms with Crippen LogP contribution in [0.4, 0.5) is 5.69 Å². The summed E-state index contributed by atoms with van der Waals surface area (Å²) in [6, 6.07) is 13.6. The highest BCUT2D eigenvalue weighted by Gasteiger charge is 2.06. The van der Waals surface area contributed by atoms with Crippen LogP contribution in [0.3, 0.4) is 0 Å². The third-order valence-corrected chi connectivity index (χ3v) is 3.83. The van der Waals surface area contributed by atoms with E-state index in [9.17, 15) is 9.59 Å². The molecule has 0 heterocycles. The molecule has 108 valence electrons. The predicted octanol–water partition coefficient (Wildman–Crippen LogP) is 3.77. The maximum Gasteiger partial charge on any atom is 0.313 e. The van der Waals surface area contributed by atoms with E-state index < -0.39 is 5.97 Å². The molecule has 2 aromatic rings. The lowest BCUT2D eigenvalue weighted by Gasteiger charge is -2.06. The molecule has 0 aliphatic heterocycles. The van der Waals surface area contributed by atoms with E-state index in [1.54, 1.807) is 48.5 Å². The molecular formula is C15H12ClNO3S. The Balaban J connectivity index is 1.98. The minimum Gasteiger partial charge on any atom is -0.481 e. The highest BCUT2D eigenvalue weighted by atomic mass is 35.5. The Morgan fingerprint density at radius 3 is 2.24 bits per heavy atom. The monoisotopic (exact) mass is 321 g/mol. The van der Waals surface area contributed by atoms with Crippen molar-refractivity contribution in [2.45, 2.75) is 4.90 Å². The van der Waals surface area contributed by atoms with E-state index in [1.165, 1.54) is 11.8 Å². The maximum atomic E-state index is 12.0. The summed E-state index contributed by atoms with van der Waals surface area (Å²) in [6.45, 7) is 0. The molecule has 1 amide bonds. The van der Waals surface area contributed by atoms with E-state index in [0.29, 0.717) is 16.3 Å². The summed E-state index contributed by atoms with van der Waals surface area (Å²) in [5, 5.41) is 11.9. The average Bonchev–Trinajstić information content (AvgIpc) is 2.47. The van der Waals surface area contributed by atoms with Crippen molar-refractivity contribution >= 4 is 40.9 Å². The largest absolute Gasteiger partial charge is 0.481 e. The highest BCUT2D eigenvalue weighted by Crippen LogP contribution is 2.20. The van der Waals surface area contributed by atoms with Crippen molar-refractivity contribution in [3.05, 3.63) is 59.1 Å². The van der Waals surface area contributed by atoms with Crippen LogP contribution in [0, 0.1) is 0 Å². The van der Waals surface area contributed by atoms with Crippen LogP contribution in [0.15, 0.2) is 53.4 Å². The zero-order valence-electron chi connectivity index (χ0n) is 10.9. The predicted molar refractivity (Wildman–Crippen MR) is 84.2 cm³/mol. The second-order valence-corrected chi connectivity index (χ2v) is 5.65. The Labute approximate surface area is 131 Å². The second-order valence-electron chi connectivity index (χ2n) is 4.17. The summed E-state index contributed by atoms with van der Waals surface area (Å²) in [4.78, 5) is 23.3.